The van der Waals surface area contributed by atoms with Gasteiger partial charge in [0.15, 0.2) is 0 Å². The van der Waals surface area contributed by atoms with Gasteiger partial charge in [-0.1, -0.05) is 41.5 Å². The molecule has 2 nitrogen and oxygen atoms in total. The molecule has 0 saturated heterocycles. The highest BCUT2D eigenvalue weighted by Gasteiger charge is 2.06. The van der Waals surface area contributed by atoms with Gasteiger partial charge in [-0.05, 0) is 37.1 Å². The molecule has 2 rings (SSSR count). The maximum absolute atomic E-state index is 12.1. The van der Waals surface area contributed by atoms with Crippen LogP contribution in [0.5, 0.6) is 0 Å². The number of aryl methyl sites for hydroxylation is 2. The van der Waals surface area contributed by atoms with Crippen molar-refractivity contribution in [1.29, 1.82) is 0 Å². The van der Waals surface area contributed by atoms with Gasteiger partial charge in [-0.2, -0.15) is 0 Å². The molecule has 0 bridgehead atoms. The summed E-state index contributed by atoms with van der Waals surface area (Å²) in [5, 5.41) is 2.94. The number of carbonyl (C=O) groups excluding carboxylic acids is 1. The zero-order chi connectivity index (χ0) is 14.5. The Morgan fingerprint density at radius 1 is 1.05 bits per heavy atom. The average Bonchev–Trinajstić information content (AvgIpc) is 2.44. The molecule has 2 aromatic carbocycles. The van der Waals surface area contributed by atoms with Crippen LogP contribution >= 0.6 is 11.6 Å². The summed E-state index contributed by atoms with van der Waals surface area (Å²) in [5.74, 6) is 0.437. The van der Waals surface area contributed by atoms with Crippen LogP contribution in [-0.2, 0) is 12.4 Å². The number of hydrogen-bond donors (Lipinski definition) is 1. The smallest absolute Gasteiger partial charge is 0.251 e. The van der Waals surface area contributed by atoms with Crippen LogP contribution in [-0.4, -0.2) is 5.91 Å². The number of hydrogen-bond acceptors (Lipinski definition) is 1. The fourth-order valence-electron chi connectivity index (χ4n) is 2.21. The van der Waals surface area contributed by atoms with E-state index in [4.69, 9.17) is 11.6 Å². The van der Waals surface area contributed by atoms with E-state index in [9.17, 15) is 4.79 Å². The third-order valence-electron chi connectivity index (χ3n) is 3.08. The molecule has 1 amide bonds. The van der Waals surface area contributed by atoms with E-state index in [-0.39, 0.29) is 5.91 Å². The molecule has 0 atom stereocenters. The van der Waals surface area contributed by atoms with E-state index in [1.165, 1.54) is 0 Å². The van der Waals surface area contributed by atoms with Gasteiger partial charge in [-0.15, -0.1) is 11.6 Å². The Morgan fingerprint density at radius 2 is 1.70 bits per heavy atom. The van der Waals surface area contributed by atoms with E-state index >= 15 is 0 Å². The highest BCUT2D eigenvalue weighted by Crippen LogP contribution is 2.10. The normalized spacial score (nSPS) is 10.3. The highest BCUT2D eigenvalue weighted by atomic mass is 35.5. The number of amides is 1. The van der Waals surface area contributed by atoms with E-state index < -0.39 is 0 Å². The maximum atomic E-state index is 12.1. The number of rotatable bonds is 4. The molecule has 2 aromatic rings. The van der Waals surface area contributed by atoms with Crippen LogP contribution < -0.4 is 5.32 Å². The Hall–Kier alpha value is -1.80. The van der Waals surface area contributed by atoms with Crippen LogP contribution in [0, 0.1) is 13.8 Å². The average molecular weight is 288 g/mol. The molecule has 0 heterocycles. The summed E-state index contributed by atoms with van der Waals surface area (Å²) in [4.78, 5) is 12.1. The fourth-order valence-corrected chi connectivity index (χ4v) is 2.38. The van der Waals surface area contributed by atoms with Gasteiger partial charge in [0, 0.05) is 18.0 Å². The standard InChI is InChI=1S/C17H18ClNO/c1-12-6-13(2)8-16(7-12)17(20)19-11-15-5-3-4-14(9-15)10-18/h3-9H,10-11H2,1-2H3,(H,19,20). The molecule has 20 heavy (non-hydrogen) atoms. The largest absolute Gasteiger partial charge is 0.348 e. The molecule has 0 aromatic heterocycles. The first-order chi connectivity index (χ1) is 9.58. The van der Waals surface area contributed by atoms with Crippen LogP contribution in [0.4, 0.5) is 0 Å². The fraction of sp³-hybridized carbons (Fsp3) is 0.235. The molecule has 0 aliphatic carbocycles. The van der Waals surface area contributed by atoms with Crippen LogP contribution in [0.2, 0.25) is 0 Å². The number of alkyl halides is 1. The van der Waals surface area contributed by atoms with E-state index in [0.29, 0.717) is 18.0 Å². The van der Waals surface area contributed by atoms with Crippen molar-refractivity contribution in [2.75, 3.05) is 0 Å². The van der Waals surface area contributed by atoms with Gasteiger partial charge in [0.2, 0.25) is 0 Å². The summed E-state index contributed by atoms with van der Waals surface area (Å²) in [7, 11) is 0. The summed E-state index contributed by atoms with van der Waals surface area (Å²) in [6.07, 6.45) is 0. The molecular formula is C17H18ClNO. The quantitative estimate of drug-likeness (QED) is 0.847. The lowest BCUT2D eigenvalue weighted by Gasteiger charge is -2.08. The van der Waals surface area contributed by atoms with E-state index in [2.05, 4.69) is 11.4 Å². The molecule has 0 spiro atoms. The number of benzene rings is 2. The molecule has 1 N–H and O–H groups in total. The first kappa shape index (κ1) is 14.6. The van der Waals surface area contributed by atoms with Gasteiger partial charge in [-0.25, -0.2) is 0 Å². The lowest BCUT2D eigenvalue weighted by atomic mass is 10.1. The molecule has 0 aliphatic heterocycles. The maximum Gasteiger partial charge on any atom is 0.251 e. The van der Waals surface area contributed by atoms with Gasteiger partial charge in [0.05, 0.1) is 0 Å². The number of carbonyl (C=O) groups is 1. The highest BCUT2D eigenvalue weighted by molar-refractivity contribution is 6.17. The molecular weight excluding hydrogens is 270 g/mol. The van der Waals surface area contributed by atoms with E-state index in [1.807, 2.05) is 50.2 Å². The van der Waals surface area contributed by atoms with Gasteiger partial charge in [0.25, 0.3) is 5.91 Å². The molecule has 0 radical (unpaired) electrons. The van der Waals surface area contributed by atoms with Crippen LogP contribution in [0.15, 0.2) is 42.5 Å². The van der Waals surface area contributed by atoms with Crippen molar-refractivity contribution in [3.63, 3.8) is 0 Å². The molecule has 0 aliphatic rings. The van der Waals surface area contributed by atoms with Crippen molar-refractivity contribution in [2.45, 2.75) is 26.3 Å². The lowest BCUT2D eigenvalue weighted by Crippen LogP contribution is -2.23. The summed E-state index contributed by atoms with van der Waals surface area (Å²) >= 11 is 5.80. The minimum absolute atomic E-state index is 0.0481. The van der Waals surface area contributed by atoms with Crippen molar-refractivity contribution >= 4 is 17.5 Å². The van der Waals surface area contributed by atoms with Crippen LogP contribution in [0.1, 0.15) is 32.6 Å². The zero-order valence-corrected chi connectivity index (χ0v) is 12.5. The summed E-state index contributed by atoms with van der Waals surface area (Å²) < 4.78 is 0. The van der Waals surface area contributed by atoms with Crippen molar-refractivity contribution in [1.82, 2.24) is 5.32 Å². The summed E-state index contributed by atoms with van der Waals surface area (Å²) in [6, 6.07) is 13.8. The topological polar surface area (TPSA) is 29.1 Å². The van der Waals surface area contributed by atoms with Crippen molar-refractivity contribution < 1.29 is 4.79 Å². The Morgan fingerprint density at radius 3 is 2.35 bits per heavy atom. The Labute approximate surface area is 124 Å². The second-order valence-corrected chi connectivity index (χ2v) is 5.28. The molecule has 104 valence electrons. The van der Waals surface area contributed by atoms with E-state index in [0.717, 1.165) is 22.3 Å². The van der Waals surface area contributed by atoms with Crippen LogP contribution in [0.3, 0.4) is 0 Å². The third kappa shape index (κ3) is 3.84. The minimum Gasteiger partial charge on any atom is -0.348 e. The van der Waals surface area contributed by atoms with Gasteiger partial charge >= 0.3 is 0 Å². The number of halogens is 1. The lowest BCUT2D eigenvalue weighted by molar-refractivity contribution is 0.0950. The van der Waals surface area contributed by atoms with Gasteiger partial charge in [0.1, 0.15) is 0 Å². The van der Waals surface area contributed by atoms with Gasteiger partial charge < -0.3 is 5.32 Å². The van der Waals surface area contributed by atoms with Crippen LogP contribution in [0.25, 0.3) is 0 Å². The predicted octanol–water partition coefficient (Wildman–Crippen LogP) is 3.97. The first-order valence-corrected chi connectivity index (χ1v) is 7.12. The first-order valence-electron chi connectivity index (χ1n) is 6.59. The number of nitrogens with one attached hydrogen (secondary N) is 1. The monoisotopic (exact) mass is 287 g/mol. The molecule has 0 fully saturated rings. The molecule has 0 saturated carbocycles. The van der Waals surface area contributed by atoms with E-state index in [1.54, 1.807) is 0 Å². The van der Waals surface area contributed by atoms with Crippen molar-refractivity contribution in [3.8, 4) is 0 Å². The summed E-state index contributed by atoms with van der Waals surface area (Å²) in [6.45, 7) is 4.50. The second kappa shape index (κ2) is 6.58. The SMILES string of the molecule is Cc1cc(C)cc(C(=O)NCc2cccc(CCl)c2)c1. The molecule has 3 heteroatoms. The Kier molecular flexibility index (Phi) is 4.80. The molecule has 0 unspecified atom stereocenters. The third-order valence-corrected chi connectivity index (χ3v) is 3.39. The summed E-state index contributed by atoms with van der Waals surface area (Å²) in [5.41, 5.74) is 5.01. The van der Waals surface area contributed by atoms with Crippen molar-refractivity contribution in [3.05, 3.63) is 70.3 Å². The Bertz CT molecular complexity index is 602. The minimum atomic E-state index is -0.0481. The second-order valence-electron chi connectivity index (χ2n) is 5.01. The van der Waals surface area contributed by atoms with Crippen molar-refractivity contribution in [2.24, 2.45) is 0 Å². The van der Waals surface area contributed by atoms with Gasteiger partial charge in [-0.3, -0.25) is 4.79 Å². The Balaban J connectivity index is 2.04. The predicted molar refractivity (Wildman–Crippen MR) is 83.1 cm³/mol. The zero-order valence-electron chi connectivity index (χ0n) is 11.7.